The van der Waals surface area contributed by atoms with E-state index in [0.29, 0.717) is 0 Å². The van der Waals surface area contributed by atoms with E-state index in [1.54, 1.807) is 5.32 Å². The number of halogens is 6. The zero-order valence-electron chi connectivity index (χ0n) is 8.78. The van der Waals surface area contributed by atoms with Crippen LogP contribution in [0.25, 0.3) is 0 Å². The van der Waals surface area contributed by atoms with Crippen molar-refractivity contribution in [3.8, 4) is 0 Å². The average molecular weight is 305 g/mol. The van der Waals surface area contributed by atoms with Crippen molar-refractivity contribution in [1.82, 2.24) is 4.98 Å². The van der Waals surface area contributed by atoms with Gasteiger partial charge in [0.2, 0.25) is 0 Å². The van der Waals surface area contributed by atoms with Crippen LogP contribution in [-0.2, 0) is 4.79 Å². The number of anilines is 1. The lowest BCUT2D eigenvalue weighted by Gasteiger charge is -2.16. The van der Waals surface area contributed by atoms with Crippen LogP contribution in [0, 0.1) is 6.92 Å². The Kier molecular flexibility index (Phi) is 4.39. The molecule has 0 fully saturated rings. The molecule has 1 heterocycles. The highest BCUT2D eigenvalue weighted by Crippen LogP contribution is 2.30. The SMILES string of the molecule is Cc1cc(Cl)nc(Cl)c1NC(=O)C(F)(F)C(F)F. The fourth-order valence-electron chi connectivity index (χ4n) is 1.04. The van der Waals surface area contributed by atoms with Crippen molar-refractivity contribution in [3.05, 3.63) is 21.9 Å². The van der Waals surface area contributed by atoms with Gasteiger partial charge in [0.15, 0.2) is 5.15 Å². The molecule has 0 saturated heterocycles. The van der Waals surface area contributed by atoms with Crippen LogP contribution in [0.3, 0.4) is 0 Å². The molecule has 0 aliphatic heterocycles. The predicted molar refractivity (Wildman–Crippen MR) is 58.6 cm³/mol. The molecular weight excluding hydrogens is 299 g/mol. The van der Waals surface area contributed by atoms with Crippen molar-refractivity contribution >= 4 is 34.8 Å². The molecular formula is C9H6Cl2F4N2O. The molecule has 0 saturated carbocycles. The lowest BCUT2D eigenvalue weighted by Crippen LogP contribution is -2.41. The van der Waals surface area contributed by atoms with E-state index in [0.717, 1.165) is 0 Å². The van der Waals surface area contributed by atoms with Gasteiger partial charge in [-0.1, -0.05) is 23.2 Å². The molecule has 1 aromatic heterocycles. The summed E-state index contributed by atoms with van der Waals surface area (Å²) in [4.78, 5) is 14.5. The normalized spacial score (nSPS) is 11.8. The number of carbonyl (C=O) groups excluding carboxylic acids is 1. The van der Waals surface area contributed by atoms with Crippen molar-refractivity contribution in [2.45, 2.75) is 19.3 Å². The van der Waals surface area contributed by atoms with Gasteiger partial charge in [-0.05, 0) is 18.6 Å². The number of alkyl halides is 4. The molecule has 0 aromatic carbocycles. The van der Waals surface area contributed by atoms with E-state index >= 15 is 0 Å². The smallest absolute Gasteiger partial charge is 0.318 e. The van der Waals surface area contributed by atoms with Gasteiger partial charge in [-0.15, -0.1) is 0 Å². The molecule has 0 atom stereocenters. The molecule has 1 amide bonds. The number of nitrogens with zero attached hydrogens (tertiary/aromatic N) is 1. The molecule has 1 rings (SSSR count). The summed E-state index contributed by atoms with van der Waals surface area (Å²) >= 11 is 11.1. The van der Waals surface area contributed by atoms with Gasteiger partial charge >= 0.3 is 18.3 Å². The minimum absolute atomic E-state index is 0.0175. The maximum absolute atomic E-state index is 12.7. The van der Waals surface area contributed by atoms with Crippen LogP contribution < -0.4 is 5.32 Å². The number of pyridine rings is 1. The van der Waals surface area contributed by atoms with Crippen molar-refractivity contribution in [2.24, 2.45) is 0 Å². The van der Waals surface area contributed by atoms with Crippen LogP contribution in [0.2, 0.25) is 10.3 Å². The molecule has 0 radical (unpaired) electrons. The number of hydrogen-bond acceptors (Lipinski definition) is 2. The number of rotatable bonds is 3. The minimum Gasteiger partial charge on any atom is -0.318 e. The second kappa shape index (κ2) is 5.27. The fourth-order valence-corrected chi connectivity index (χ4v) is 1.62. The van der Waals surface area contributed by atoms with Gasteiger partial charge < -0.3 is 5.32 Å². The van der Waals surface area contributed by atoms with Gasteiger partial charge in [0, 0.05) is 0 Å². The minimum atomic E-state index is -4.81. The number of amides is 1. The van der Waals surface area contributed by atoms with E-state index < -0.39 is 18.3 Å². The van der Waals surface area contributed by atoms with Gasteiger partial charge in [-0.25, -0.2) is 13.8 Å². The fraction of sp³-hybridized carbons (Fsp3) is 0.333. The van der Waals surface area contributed by atoms with Gasteiger partial charge in [-0.3, -0.25) is 4.79 Å². The maximum atomic E-state index is 12.7. The van der Waals surface area contributed by atoms with Crippen LogP contribution in [0.5, 0.6) is 0 Å². The van der Waals surface area contributed by atoms with E-state index in [4.69, 9.17) is 23.2 Å². The summed E-state index contributed by atoms with van der Waals surface area (Å²) in [5, 5.41) is 1.23. The lowest BCUT2D eigenvalue weighted by atomic mass is 10.2. The zero-order chi connectivity index (χ0) is 14.1. The summed E-state index contributed by atoms with van der Waals surface area (Å²) in [7, 11) is 0. The van der Waals surface area contributed by atoms with Gasteiger partial charge in [0.25, 0.3) is 0 Å². The Morgan fingerprint density at radius 1 is 1.44 bits per heavy atom. The van der Waals surface area contributed by atoms with E-state index in [2.05, 4.69) is 4.98 Å². The van der Waals surface area contributed by atoms with E-state index in [1.807, 2.05) is 0 Å². The molecule has 0 bridgehead atoms. The molecule has 9 heteroatoms. The summed E-state index contributed by atoms with van der Waals surface area (Å²) in [6.07, 6.45) is -4.11. The summed E-state index contributed by atoms with van der Waals surface area (Å²) in [6, 6.07) is 1.24. The maximum Gasteiger partial charge on any atom is 0.383 e. The van der Waals surface area contributed by atoms with Crippen LogP contribution in [-0.4, -0.2) is 23.2 Å². The van der Waals surface area contributed by atoms with Crippen LogP contribution in [0.15, 0.2) is 6.07 Å². The molecule has 0 aliphatic rings. The summed E-state index contributed by atoms with van der Waals surface area (Å²) in [6.45, 7) is 1.40. The van der Waals surface area contributed by atoms with Crippen molar-refractivity contribution in [2.75, 3.05) is 5.32 Å². The molecule has 0 unspecified atom stereocenters. The Morgan fingerprint density at radius 3 is 2.44 bits per heavy atom. The van der Waals surface area contributed by atoms with E-state index in [-0.39, 0.29) is 21.6 Å². The van der Waals surface area contributed by atoms with Crippen LogP contribution in [0.4, 0.5) is 23.2 Å². The first-order valence-electron chi connectivity index (χ1n) is 4.46. The second-order valence-electron chi connectivity index (χ2n) is 3.31. The number of aromatic nitrogens is 1. The van der Waals surface area contributed by atoms with Gasteiger partial charge in [0.05, 0.1) is 5.69 Å². The number of nitrogens with one attached hydrogen (secondary N) is 1. The number of carbonyl (C=O) groups is 1. The Morgan fingerprint density at radius 2 is 2.00 bits per heavy atom. The molecule has 0 aliphatic carbocycles. The largest absolute Gasteiger partial charge is 0.383 e. The summed E-state index contributed by atoms with van der Waals surface area (Å²) in [5.41, 5.74) is -0.0650. The lowest BCUT2D eigenvalue weighted by molar-refractivity contribution is -0.163. The van der Waals surface area contributed by atoms with Crippen molar-refractivity contribution < 1.29 is 22.4 Å². The van der Waals surface area contributed by atoms with Gasteiger partial charge in [0.1, 0.15) is 5.15 Å². The van der Waals surface area contributed by atoms with Crippen LogP contribution >= 0.6 is 23.2 Å². The third-order valence-corrected chi connectivity index (χ3v) is 2.42. The number of hydrogen-bond donors (Lipinski definition) is 1. The summed E-state index contributed by atoms with van der Waals surface area (Å²) in [5.74, 6) is -6.97. The molecule has 1 N–H and O–H groups in total. The average Bonchev–Trinajstić information content (AvgIpc) is 2.22. The monoisotopic (exact) mass is 304 g/mol. The predicted octanol–water partition coefficient (Wildman–Crippen LogP) is 3.54. The first kappa shape index (κ1) is 15.0. The quantitative estimate of drug-likeness (QED) is 0.685. The molecule has 18 heavy (non-hydrogen) atoms. The Bertz CT molecular complexity index is 459. The first-order chi connectivity index (χ1) is 8.16. The Hall–Kier alpha value is -1.08. The number of aryl methyl sites for hydroxylation is 1. The van der Waals surface area contributed by atoms with E-state index in [1.165, 1.54) is 13.0 Å². The Labute approximate surface area is 109 Å². The standard InChI is InChI=1S/C9H6Cl2F4N2O/c1-3-2-4(10)16-6(11)5(3)17-8(18)9(14,15)7(12)13/h2,7H,1H3,(H,17,18). The Balaban J connectivity index is 3.03. The van der Waals surface area contributed by atoms with Crippen molar-refractivity contribution in [3.63, 3.8) is 0 Å². The second-order valence-corrected chi connectivity index (χ2v) is 4.05. The molecule has 1 aromatic rings. The first-order valence-corrected chi connectivity index (χ1v) is 5.22. The highest BCUT2D eigenvalue weighted by Gasteiger charge is 2.49. The summed E-state index contributed by atoms with van der Waals surface area (Å²) < 4.78 is 49.3. The van der Waals surface area contributed by atoms with Crippen molar-refractivity contribution in [1.29, 1.82) is 0 Å². The molecule has 0 spiro atoms. The third-order valence-electron chi connectivity index (χ3n) is 1.96. The molecule has 3 nitrogen and oxygen atoms in total. The van der Waals surface area contributed by atoms with Crippen LogP contribution in [0.1, 0.15) is 5.56 Å². The highest BCUT2D eigenvalue weighted by atomic mass is 35.5. The third kappa shape index (κ3) is 3.02. The van der Waals surface area contributed by atoms with Gasteiger partial charge in [-0.2, -0.15) is 8.78 Å². The molecule has 100 valence electrons. The topological polar surface area (TPSA) is 42.0 Å². The van der Waals surface area contributed by atoms with E-state index in [9.17, 15) is 22.4 Å². The highest BCUT2D eigenvalue weighted by molar-refractivity contribution is 6.34. The zero-order valence-corrected chi connectivity index (χ0v) is 10.3.